The van der Waals surface area contributed by atoms with Crippen molar-refractivity contribution in [3.8, 4) is 11.1 Å². The maximum atomic E-state index is 6.06. The Bertz CT molecular complexity index is 1000. The number of hydrogen-bond donors (Lipinski definition) is 3. The van der Waals surface area contributed by atoms with E-state index < -0.39 is 0 Å². The first-order chi connectivity index (χ1) is 15.3. The first-order valence-electron chi connectivity index (χ1n) is 11.3. The molecule has 0 amide bonds. The van der Waals surface area contributed by atoms with E-state index in [-0.39, 0.29) is 0 Å². The summed E-state index contributed by atoms with van der Waals surface area (Å²) in [6.45, 7) is 10.6. The quantitative estimate of drug-likeness (QED) is 0.670. The summed E-state index contributed by atoms with van der Waals surface area (Å²) in [7, 11) is 0. The SMILES string of the molecule is C=C/C=c1/cc(-c2cccc(CN3CCOCC3)c2)cc(NC2CCNCC2)/c1=C/N. The van der Waals surface area contributed by atoms with E-state index in [4.69, 9.17) is 10.5 Å². The van der Waals surface area contributed by atoms with Crippen LogP contribution in [0.15, 0.2) is 49.1 Å². The molecule has 0 atom stereocenters. The number of hydrogen-bond acceptors (Lipinski definition) is 5. The Labute approximate surface area is 185 Å². The Morgan fingerprint density at radius 1 is 1.13 bits per heavy atom. The van der Waals surface area contributed by atoms with Crippen LogP contribution in [-0.2, 0) is 11.3 Å². The monoisotopic (exact) mass is 418 g/mol. The van der Waals surface area contributed by atoms with Gasteiger partial charge in [-0.1, -0.05) is 36.9 Å². The van der Waals surface area contributed by atoms with Crippen molar-refractivity contribution in [3.63, 3.8) is 0 Å². The van der Waals surface area contributed by atoms with Crippen LogP contribution in [0.1, 0.15) is 18.4 Å². The van der Waals surface area contributed by atoms with E-state index in [0.717, 1.165) is 74.9 Å². The highest BCUT2D eigenvalue weighted by molar-refractivity contribution is 5.70. The van der Waals surface area contributed by atoms with E-state index >= 15 is 0 Å². The van der Waals surface area contributed by atoms with Gasteiger partial charge in [0.2, 0.25) is 0 Å². The molecule has 164 valence electrons. The lowest BCUT2D eigenvalue weighted by Gasteiger charge is -2.26. The zero-order valence-electron chi connectivity index (χ0n) is 18.3. The average Bonchev–Trinajstić information content (AvgIpc) is 2.81. The number of piperidine rings is 1. The van der Waals surface area contributed by atoms with Crippen LogP contribution in [-0.4, -0.2) is 50.3 Å². The van der Waals surface area contributed by atoms with E-state index in [1.807, 2.05) is 12.2 Å². The summed E-state index contributed by atoms with van der Waals surface area (Å²) in [5.74, 6) is 0. The third kappa shape index (κ3) is 5.56. The molecule has 2 heterocycles. The Hall–Kier alpha value is -2.60. The molecule has 2 aromatic carbocycles. The first-order valence-corrected chi connectivity index (χ1v) is 11.3. The van der Waals surface area contributed by atoms with Gasteiger partial charge in [0.25, 0.3) is 0 Å². The van der Waals surface area contributed by atoms with Crippen LogP contribution >= 0.6 is 0 Å². The molecule has 2 saturated heterocycles. The molecule has 0 spiro atoms. The maximum absolute atomic E-state index is 6.06. The summed E-state index contributed by atoms with van der Waals surface area (Å²) in [6, 6.07) is 13.8. The molecule has 0 aliphatic carbocycles. The Kier molecular flexibility index (Phi) is 7.41. The number of morpholine rings is 1. The van der Waals surface area contributed by atoms with Gasteiger partial charge in [0, 0.05) is 42.8 Å². The standard InChI is InChI=1S/C26H34N4O/c1-2-4-22-16-23(17-26(25(22)18-27)29-24-7-9-28-10-8-24)21-6-3-5-20(15-21)19-30-11-13-31-14-12-30/h2-6,15-18,24,28-29H,1,7-14,19,27H2/b22-4-,25-18+. The fraction of sp³-hybridized carbons (Fsp3) is 0.385. The van der Waals surface area contributed by atoms with Crippen molar-refractivity contribution in [1.29, 1.82) is 0 Å². The second-order valence-corrected chi connectivity index (χ2v) is 8.35. The van der Waals surface area contributed by atoms with E-state index in [0.29, 0.717) is 6.04 Å². The Morgan fingerprint density at radius 3 is 2.68 bits per heavy atom. The van der Waals surface area contributed by atoms with Crippen LogP contribution in [0.5, 0.6) is 0 Å². The molecule has 5 heteroatoms. The van der Waals surface area contributed by atoms with Gasteiger partial charge >= 0.3 is 0 Å². The zero-order valence-corrected chi connectivity index (χ0v) is 18.3. The predicted molar refractivity (Wildman–Crippen MR) is 130 cm³/mol. The molecule has 4 rings (SSSR count). The van der Waals surface area contributed by atoms with Gasteiger partial charge in [-0.05, 0) is 66.0 Å². The third-order valence-electron chi connectivity index (χ3n) is 6.15. The van der Waals surface area contributed by atoms with E-state index in [1.54, 1.807) is 6.20 Å². The summed E-state index contributed by atoms with van der Waals surface area (Å²) < 4.78 is 5.49. The number of nitrogens with one attached hydrogen (secondary N) is 2. The summed E-state index contributed by atoms with van der Waals surface area (Å²) >= 11 is 0. The van der Waals surface area contributed by atoms with Crippen LogP contribution in [0, 0.1) is 0 Å². The summed E-state index contributed by atoms with van der Waals surface area (Å²) in [4.78, 5) is 2.45. The average molecular weight is 419 g/mol. The summed E-state index contributed by atoms with van der Waals surface area (Å²) in [6.07, 6.45) is 7.80. The number of allylic oxidation sites excluding steroid dienone is 1. The van der Waals surface area contributed by atoms with Gasteiger partial charge in [0.15, 0.2) is 0 Å². The summed E-state index contributed by atoms with van der Waals surface area (Å²) in [5, 5.41) is 9.32. The second-order valence-electron chi connectivity index (χ2n) is 8.35. The molecule has 4 N–H and O–H groups in total. The Morgan fingerprint density at radius 2 is 1.94 bits per heavy atom. The Balaban J connectivity index is 1.68. The van der Waals surface area contributed by atoms with E-state index in [1.165, 1.54) is 16.7 Å². The van der Waals surface area contributed by atoms with Crippen molar-refractivity contribution in [3.05, 3.63) is 65.1 Å². The smallest absolute Gasteiger partial charge is 0.0594 e. The predicted octanol–water partition coefficient (Wildman–Crippen LogP) is 2.01. The lowest BCUT2D eigenvalue weighted by Crippen LogP contribution is -2.38. The second kappa shape index (κ2) is 10.6. The van der Waals surface area contributed by atoms with Gasteiger partial charge in [-0.3, -0.25) is 4.90 Å². The van der Waals surface area contributed by atoms with Gasteiger partial charge in [-0.25, -0.2) is 0 Å². The third-order valence-corrected chi connectivity index (χ3v) is 6.15. The van der Waals surface area contributed by atoms with Crippen molar-refractivity contribution >= 4 is 18.0 Å². The van der Waals surface area contributed by atoms with Crippen molar-refractivity contribution < 1.29 is 4.74 Å². The van der Waals surface area contributed by atoms with Crippen LogP contribution in [0.25, 0.3) is 23.4 Å². The topological polar surface area (TPSA) is 62.5 Å². The van der Waals surface area contributed by atoms with Crippen molar-refractivity contribution in [1.82, 2.24) is 10.2 Å². The molecule has 2 aromatic rings. The number of ether oxygens (including phenoxy) is 1. The lowest BCUT2D eigenvalue weighted by molar-refractivity contribution is 0.0342. The van der Waals surface area contributed by atoms with Crippen LogP contribution in [0.2, 0.25) is 0 Å². The molecule has 5 nitrogen and oxygen atoms in total. The van der Waals surface area contributed by atoms with Crippen molar-refractivity contribution in [2.45, 2.75) is 25.4 Å². The molecular formula is C26H34N4O. The van der Waals surface area contributed by atoms with Crippen LogP contribution in [0.3, 0.4) is 0 Å². The molecule has 0 aromatic heterocycles. The molecule has 0 unspecified atom stereocenters. The van der Waals surface area contributed by atoms with Gasteiger partial charge in [-0.2, -0.15) is 0 Å². The molecule has 0 saturated carbocycles. The number of anilines is 1. The fourth-order valence-electron chi connectivity index (χ4n) is 4.47. The first kappa shape index (κ1) is 21.6. The van der Waals surface area contributed by atoms with Gasteiger partial charge in [-0.15, -0.1) is 0 Å². The maximum Gasteiger partial charge on any atom is 0.0594 e. The van der Waals surface area contributed by atoms with Gasteiger partial charge in [0.1, 0.15) is 0 Å². The zero-order chi connectivity index (χ0) is 21.5. The summed E-state index contributed by atoms with van der Waals surface area (Å²) in [5.41, 5.74) is 10.9. The molecule has 2 aliphatic heterocycles. The minimum atomic E-state index is 0.458. The number of rotatable bonds is 6. The highest BCUT2D eigenvalue weighted by Gasteiger charge is 2.15. The van der Waals surface area contributed by atoms with Gasteiger partial charge in [0.05, 0.1) is 13.2 Å². The van der Waals surface area contributed by atoms with E-state index in [9.17, 15) is 0 Å². The fourth-order valence-corrected chi connectivity index (χ4v) is 4.47. The molecule has 31 heavy (non-hydrogen) atoms. The largest absolute Gasteiger partial charge is 0.404 e. The number of benzene rings is 2. The van der Waals surface area contributed by atoms with Crippen LogP contribution in [0.4, 0.5) is 5.69 Å². The van der Waals surface area contributed by atoms with Crippen LogP contribution < -0.4 is 26.8 Å². The lowest BCUT2D eigenvalue weighted by atomic mass is 9.99. The van der Waals surface area contributed by atoms with Crippen molar-refractivity contribution in [2.75, 3.05) is 44.7 Å². The highest BCUT2D eigenvalue weighted by atomic mass is 16.5. The minimum Gasteiger partial charge on any atom is -0.404 e. The van der Waals surface area contributed by atoms with E-state index in [2.05, 4.69) is 58.5 Å². The molecule has 0 bridgehead atoms. The molecule has 2 fully saturated rings. The molecule has 0 radical (unpaired) electrons. The highest BCUT2D eigenvalue weighted by Crippen LogP contribution is 2.23. The van der Waals surface area contributed by atoms with Crippen molar-refractivity contribution in [2.24, 2.45) is 5.73 Å². The van der Waals surface area contributed by atoms with Gasteiger partial charge < -0.3 is 21.1 Å². The normalized spacial score (nSPS) is 19.5. The molecule has 2 aliphatic rings. The molecular weight excluding hydrogens is 384 g/mol. The number of nitrogens with zero attached hydrogens (tertiary/aromatic N) is 1. The minimum absolute atomic E-state index is 0.458. The number of nitrogens with two attached hydrogens (primary N) is 1.